The first kappa shape index (κ1) is 12.9. The molecule has 0 aliphatic heterocycles. The molecule has 0 aliphatic rings. The second-order valence-electron chi connectivity index (χ2n) is 3.78. The smallest absolute Gasteiger partial charge is 0.193 e. The molecule has 0 fully saturated rings. The van der Waals surface area contributed by atoms with Crippen LogP contribution in [0.25, 0.3) is 0 Å². The van der Waals surface area contributed by atoms with Crippen LogP contribution >= 0.6 is 0 Å². The summed E-state index contributed by atoms with van der Waals surface area (Å²) in [6, 6.07) is 7.48. The molecule has 3 N–H and O–H groups in total. The highest BCUT2D eigenvalue weighted by Gasteiger charge is 1.97. The first-order valence-corrected chi connectivity index (χ1v) is 5.81. The summed E-state index contributed by atoms with van der Waals surface area (Å²) < 4.78 is 6.82. The molecule has 0 saturated heterocycles. The van der Waals surface area contributed by atoms with Gasteiger partial charge in [0.25, 0.3) is 0 Å². The maximum absolute atomic E-state index is 5.79. The standard InChI is InChI=1S/C12H16N6O/c1-19-11-4-2-3-10(7-11)17-12(13)15-5-6-18-9-14-8-16-18/h2-4,7-9H,5-6H2,1H3,(H3,13,15,17). The summed E-state index contributed by atoms with van der Waals surface area (Å²) in [7, 11) is 1.62. The molecule has 7 heteroatoms. The van der Waals surface area contributed by atoms with E-state index < -0.39 is 0 Å². The predicted molar refractivity (Wildman–Crippen MR) is 73.1 cm³/mol. The SMILES string of the molecule is COc1cccc(NC(N)=NCCn2cncn2)c1. The number of methoxy groups -OCH3 is 1. The molecule has 1 aromatic heterocycles. The van der Waals surface area contributed by atoms with Crippen LogP contribution in [0.5, 0.6) is 5.75 Å². The molecule has 0 atom stereocenters. The van der Waals surface area contributed by atoms with Crippen LogP contribution in [0.3, 0.4) is 0 Å². The molecule has 0 amide bonds. The predicted octanol–water partition coefficient (Wildman–Crippen LogP) is 0.713. The first-order chi connectivity index (χ1) is 9.28. The maximum Gasteiger partial charge on any atom is 0.193 e. The molecule has 19 heavy (non-hydrogen) atoms. The van der Waals surface area contributed by atoms with E-state index in [1.807, 2.05) is 24.3 Å². The van der Waals surface area contributed by atoms with Gasteiger partial charge in [-0.3, -0.25) is 9.67 Å². The fraction of sp³-hybridized carbons (Fsp3) is 0.250. The molecule has 0 aliphatic carbocycles. The number of benzene rings is 1. The molecule has 0 spiro atoms. The largest absolute Gasteiger partial charge is 0.497 e. The summed E-state index contributed by atoms with van der Waals surface area (Å²) in [4.78, 5) is 8.05. The van der Waals surface area contributed by atoms with E-state index in [4.69, 9.17) is 10.5 Å². The lowest BCUT2D eigenvalue weighted by Crippen LogP contribution is -2.23. The molecule has 2 aromatic rings. The van der Waals surface area contributed by atoms with Crippen molar-refractivity contribution < 1.29 is 4.74 Å². The van der Waals surface area contributed by atoms with Gasteiger partial charge in [0.2, 0.25) is 0 Å². The van der Waals surface area contributed by atoms with Crippen LogP contribution in [0.4, 0.5) is 5.69 Å². The number of nitrogens with two attached hydrogens (primary N) is 1. The molecule has 0 saturated carbocycles. The van der Waals surface area contributed by atoms with Crippen molar-refractivity contribution in [2.75, 3.05) is 19.0 Å². The Balaban J connectivity index is 1.87. The lowest BCUT2D eigenvalue weighted by molar-refractivity contribution is 0.415. The van der Waals surface area contributed by atoms with E-state index in [0.717, 1.165) is 11.4 Å². The van der Waals surface area contributed by atoms with Gasteiger partial charge < -0.3 is 15.8 Å². The Kier molecular flexibility index (Phi) is 4.33. The summed E-state index contributed by atoms with van der Waals surface area (Å²) in [5, 5.41) is 6.98. The third kappa shape index (κ3) is 3.98. The van der Waals surface area contributed by atoms with Gasteiger partial charge in [-0.05, 0) is 12.1 Å². The number of hydrogen-bond acceptors (Lipinski definition) is 4. The van der Waals surface area contributed by atoms with E-state index in [1.54, 1.807) is 18.1 Å². The van der Waals surface area contributed by atoms with E-state index in [0.29, 0.717) is 19.0 Å². The van der Waals surface area contributed by atoms with Crippen LogP contribution < -0.4 is 15.8 Å². The zero-order chi connectivity index (χ0) is 13.5. The number of aromatic nitrogens is 3. The van der Waals surface area contributed by atoms with Crippen molar-refractivity contribution in [1.29, 1.82) is 0 Å². The van der Waals surface area contributed by atoms with E-state index in [2.05, 4.69) is 20.4 Å². The molecule has 2 rings (SSSR count). The number of rotatable bonds is 5. The van der Waals surface area contributed by atoms with Gasteiger partial charge in [0.05, 0.1) is 20.2 Å². The summed E-state index contributed by atoms with van der Waals surface area (Å²) in [6.45, 7) is 1.17. The quantitative estimate of drug-likeness (QED) is 0.610. The van der Waals surface area contributed by atoms with Gasteiger partial charge in [-0.15, -0.1) is 0 Å². The molecule has 1 aromatic carbocycles. The maximum atomic E-state index is 5.79. The topological polar surface area (TPSA) is 90.3 Å². The number of ether oxygens (including phenoxy) is 1. The highest BCUT2D eigenvalue weighted by molar-refractivity contribution is 5.92. The minimum Gasteiger partial charge on any atom is -0.497 e. The average molecular weight is 260 g/mol. The van der Waals surface area contributed by atoms with Crippen LogP contribution in [-0.4, -0.2) is 34.4 Å². The van der Waals surface area contributed by atoms with Crippen molar-refractivity contribution in [1.82, 2.24) is 14.8 Å². The molecule has 7 nitrogen and oxygen atoms in total. The highest BCUT2D eigenvalue weighted by Crippen LogP contribution is 2.16. The number of anilines is 1. The minimum absolute atomic E-state index is 0.355. The van der Waals surface area contributed by atoms with Gasteiger partial charge in [0.1, 0.15) is 18.4 Å². The van der Waals surface area contributed by atoms with Gasteiger partial charge in [0, 0.05) is 11.8 Å². The van der Waals surface area contributed by atoms with E-state index in [1.165, 1.54) is 6.33 Å². The number of guanidine groups is 1. The Morgan fingerprint density at radius 1 is 1.53 bits per heavy atom. The number of hydrogen-bond donors (Lipinski definition) is 2. The average Bonchev–Trinajstić information content (AvgIpc) is 2.92. The molecular weight excluding hydrogens is 244 g/mol. The summed E-state index contributed by atoms with van der Waals surface area (Å²) in [5.74, 6) is 1.12. The Morgan fingerprint density at radius 2 is 2.42 bits per heavy atom. The fourth-order valence-corrected chi connectivity index (χ4v) is 1.51. The third-order valence-electron chi connectivity index (χ3n) is 2.42. The molecule has 0 bridgehead atoms. The van der Waals surface area contributed by atoms with Crippen molar-refractivity contribution in [3.8, 4) is 5.75 Å². The highest BCUT2D eigenvalue weighted by atomic mass is 16.5. The van der Waals surface area contributed by atoms with Crippen molar-refractivity contribution in [2.24, 2.45) is 10.7 Å². The van der Waals surface area contributed by atoms with Gasteiger partial charge >= 0.3 is 0 Å². The van der Waals surface area contributed by atoms with E-state index in [-0.39, 0.29) is 0 Å². The van der Waals surface area contributed by atoms with Crippen LogP contribution in [0.15, 0.2) is 41.9 Å². The van der Waals surface area contributed by atoms with Gasteiger partial charge in [0.15, 0.2) is 5.96 Å². The van der Waals surface area contributed by atoms with Crippen LogP contribution in [0.1, 0.15) is 0 Å². The Hall–Kier alpha value is -2.57. The van der Waals surface area contributed by atoms with E-state index in [9.17, 15) is 0 Å². The summed E-state index contributed by atoms with van der Waals surface area (Å²) in [6.07, 6.45) is 3.13. The molecule has 1 heterocycles. The number of nitrogens with zero attached hydrogens (tertiary/aromatic N) is 4. The zero-order valence-electron chi connectivity index (χ0n) is 10.7. The first-order valence-electron chi connectivity index (χ1n) is 5.81. The van der Waals surface area contributed by atoms with Crippen molar-refractivity contribution >= 4 is 11.6 Å². The Labute approximate surface area is 111 Å². The lowest BCUT2D eigenvalue weighted by atomic mass is 10.3. The van der Waals surface area contributed by atoms with Crippen molar-refractivity contribution in [3.63, 3.8) is 0 Å². The second kappa shape index (κ2) is 6.39. The van der Waals surface area contributed by atoms with Crippen molar-refractivity contribution in [2.45, 2.75) is 6.54 Å². The summed E-state index contributed by atoms with van der Waals surface area (Å²) in [5.41, 5.74) is 6.62. The minimum atomic E-state index is 0.355. The van der Waals surface area contributed by atoms with E-state index >= 15 is 0 Å². The third-order valence-corrected chi connectivity index (χ3v) is 2.42. The Morgan fingerprint density at radius 3 is 3.16 bits per heavy atom. The molecule has 100 valence electrons. The lowest BCUT2D eigenvalue weighted by Gasteiger charge is -2.07. The Bertz CT molecular complexity index is 537. The van der Waals surface area contributed by atoms with Crippen molar-refractivity contribution in [3.05, 3.63) is 36.9 Å². The number of aliphatic imine (C=N–C) groups is 1. The van der Waals surface area contributed by atoms with Gasteiger partial charge in [-0.25, -0.2) is 4.98 Å². The monoisotopic (exact) mass is 260 g/mol. The number of nitrogens with one attached hydrogen (secondary N) is 1. The van der Waals surface area contributed by atoms with Crippen LogP contribution in [0, 0.1) is 0 Å². The second-order valence-corrected chi connectivity index (χ2v) is 3.78. The molecule has 0 radical (unpaired) electrons. The zero-order valence-corrected chi connectivity index (χ0v) is 10.7. The molecular formula is C12H16N6O. The fourth-order valence-electron chi connectivity index (χ4n) is 1.51. The van der Waals surface area contributed by atoms with Crippen LogP contribution in [-0.2, 0) is 6.54 Å². The van der Waals surface area contributed by atoms with Gasteiger partial charge in [-0.1, -0.05) is 6.07 Å². The summed E-state index contributed by atoms with van der Waals surface area (Å²) >= 11 is 0. The van der Waals surface area contributed by atoms with Crippen LogP contribution in [0.2, 0.25) is 0 Å². The normalized spacial score (nSPS) is 11.3. The van der Waals surface area contributed by atoms with Gasteiger partial charge in [-0.2, -0.15) is 5.10 Å². The molecule has 0 unspecified atom stereocenters.